The van der Waals surface area contributed by atoms with Crippen LogP contribution >= 0.6 is 0 Å². The van der Waals surface area contributed by atoms with Crippen molar-refractivity contribution in [2.75, 3.05) is 0 Å². The van der Waals surface area contributed by atoms with Crippen LogP contribution in [0.2, 0.25) is 0 Å². The van der Waals surface area contributed by atoms with E-state index < -0.39 is 5.97 Å². The van der Waals surface area contributed by atoms with Crippen molar-refractivity contribution in [3.05, 3.63) is 35.9 Å². The highest BCUT2D eigenvalue weighted by Gasteiger charge is 2.09. The minimum atomic E-state index is -0.795. The van der Waals surface area contributed by atoms with E-state index in [1.165, 1.54) is 0 Å². The number of unbranched alkanes of at least 4 members (excludes halogenated alkanes) is 3. The highest BCUT2D eigenvalue weighted by Crippen LogP contribution is 2.05. The summed E-state index contributed by atoms with van der Waals surface area (Å²) in [6.07, 6.45) is 3.31. The Hall–Kier alpha value is -2.25. The molecule has 0 aliphatic rings. The van der Waals surface area contributed by atoms with Crippen molar-refractivity contribution in [1.82, 2.24) is 5.32 Å². The number of carboxylic acid groups (broad SMARTS) is 1. The highest BCUT2D eigenvalue weighted by molar-refractivity contribution is 6.04. The predicted octanol–water partition coefficient (Wildman–Crippen LogP) is 1.70. The zero-order valence-electron chi connectivity index (χ0n) is 12.3. The quantitative estimate of drug-likeness (QED) is 0.427. The molecule has 0 saturated heterocycles. The lowest BCUT2D eigenvalue weighted by Gasteiger charge is -2.04. The average Bonchev–Trinajstić information content (AvgIpc) is 2.53. The molecule has 5 N–H and O–H groups in total. The standard InChI is InChI=1S/C15H19NO4.H3NO/c17-13(10-6-1-2-7-11-14(18)19)16-15(20)12-8-4-3-5-9-12;1-2/h3-5,8-9H,1-2,6-7,10-11H2,(H,18,19)(H,16,17,20);2H,1H2. The zero-order chi connectivity index (χ0) is 16.8. The van der Waals surface area contributed by atoms with Gasteiger partial charge in [0.05, 0.1) is 0 Å². The number of nitrogens with two attached hydrogens (primary N) is 1. The van der Waals surface area contributed by atoms with Gasteiger partial charge in [-0.25, -0.2) is 5.90 Å². The number of amides is 2. The molecule has 22 heavy (non-hydrogen) atoms. The van der Waals surface area contributed by atoms with E-state index in [1.807, 2.05) is 0 Å². The topological polar surface area (TPSA) is 130 Å². The third kappa shape index (κ3) is 9.62. The third-order valence-electron chi connectivity index (χ3n) is 2.83. The molecule has 0 atom stereocenters. The Balaban J connectivity index is 0.00000211. The summed E-state index contributed by atoms with van der Waals surface area (Å²) in [5, 5.41) is 17.3. The van der Waals surface area contributed by atoms with Crippen molar-refractivity contribution in [2.45, 2.75) is 38.5 Å². The van der Waals surface area contributed by atoms with Gasteiger partial charge in [0.1, 0.15) is 0 Å². The highest BCUT2D eigenvalue weighted by atomic mass is 16.4. The summed E-state index contributed by atoms with van der Waals surface area (Å²) in [5.41, 5.74) is 0.460. The van der Waals surface area contributed by atoms with Crippen LogP contribution in [-0.2, 0) is 9.59 Å². The second-order valence-corrected chi connectivity index (χ2v) is 4.55. The molecule has 122 valence electrons. The number of benzene rings is 1. The van der Waals surface area contributed by atoms with Crippen LogP contribution in [0.1, 0.15) is 48.9 Å². The van der Waals surface area contributed by atoms with Gasteiger partial charge in [0, 0.05) is 18.4 Å². The Morgan fingerprint density at radius 3 is 2.00 bits per heavy atom. The second kappa shape index (κ2) is 12.5. The van der Waals surface area contributed by atoms with Crippen LogP contribution in [0.25, 0.3) is 0 Å². The Labute approximate surface area is 129 Å². The van der Waals surface area contributed by atoms with Crippen LogP contribution in [0.3, 0.4) is 0 Å². The first-order valence-electron chi connectivity index (χ1n) is 6.96. The number of nitrogens with one attached hydrogen (secondary N) is 1. The molecule has 1 aromatic carbocycles. The molecule has 0 heterocycles. The van der Waals surface area contributed by atoms with Gasteiger partial charge in [-0.1, -0.05) is 31.0 Å². The van der Waals surface area contributed by atoms with Crippen molar-refractivity contribution in [1.29, 1.82) is 0 Å². The second-order valence-electron chi connectivity index (χ2n) is 4.55. The molecule has 2 amide bonds. The average molecular weight is 310 g/mol. The summed E-state index contributed by atoms with van der Waals surface area (Å²) < 4.78 is 0. The first-order chi connectivity index (χ1) is 10.6. The van der Waals surface area contributed by atoms with Gasteiger partial charge in [-0.15, -0.1) is 0 Å². The van der Waals surface area contributed by atoms with Crippen LogP contribution in [0.5, 0.6) is 0 Å². The number of carboxylic acids is 1. The van der Waals surface area contributed by atoms with Crippen molar-refractivity contribution in [2.24, 2.45) is 5.90 Å². The SMILES string of the molecule is NO.O=C(O)CCCCCCC(=O)NC(=O)c1ccccc1. The lowest BCUT2D eigenvalue weighted by molar-refractivity contribution is -0.137. The van der Waals surface area contributed by atoms with E-state index in [0.717, 1.165) is 12.8 Å². The maximum absolute atomic E-state index is 11.7. The first-order valence-corrected chi connectivity index (χ1v) is 6.96. The maximum atomic E-state index is 11.7. The van der Waals surface area contributed by atoms with Gasteiger partial charge >= 0.3 is 5.97 Å². The van der Waals surface area contributed by atoms with Crippen LogP contribution in [0.4, 0.5) is 0 Å². The van der Waals surface area contributed by atoms with Gasteiger partial charge in [0.25, 0.3) is 5.91 Å². The fourth-order valence-corrected chi connectivity index (χ4v) is 1.77. The largest absolute Gasteiger partial charge is 0.481 e. The molecule has 0 saturated carbocycles. The number of aliphatic carboxylic acids is 1. The van der Waals surface area contributed by atoms with Crippen molar-refractivity contribution in [3.8, 4) is 0 Å². The van der Waals surface area contributed by atoms with Gasteiger partial charge < -0.3 is 10.3 Å². The molecule has 0 unspecified atom stereocenters. The summed E-state index contributed by atoms with van der Waals surface area (Å²) in [5.74, 6) is 2.02. The molecule has 0 spiro atoms. The molecular weight excluding hydrogens is 288 g/mol. The van der Waals surface area contributed by atoms with Gasteiger partial charge in [-0.2, -0.15) is 0 Å². The zero-order valence-corrected chi connectivity index (χ0v) is 12.3. The van der Waals surface area contributed by atoms with E-state index in [-0.39, 0.29) is 24.7 Å². The van der Waals surface area contributed by atoms with E-state index in [4.69, 9.17) is 10.3 Å². The van der Waals surface area contributed by atoms with E-state index in [1.54, 1.807) is 30.3 Å². The molecule has 1 rings (SSSR count). The van der Waals surface area contributed by atoms with E-state index >= 15 is 0 Å². The molecule has 0 fully saturated rings. The van der Waals surface area contributed by atoms with E-state index in [9.17, 15) is 14.4 Å². The minimum Gasteiger partial charge on any atom is -0.481 e. The Bertz CT molecular complexity index is 462. The summed E-state index contributed by atoms with van der Waals surface area (Å²) in [6, 6.07) is 8.57. The molecule has 1 aromatic rings. The van der Waals surface area contributed by atoms with Gasteiger partial charge in [-0.05, 0) is 25.0 Å². The molecular formula is C15H22N2O5. The van der Waals surface area contributed by atoms with Gasteiger partial charge in [-0.3, -0.25) is 19.7 Å². The Morgan fingerprint density at radius 1 is 0.909 bits per heavy atom. The number of carbonyl (C=O) groups is 3. The summed E-state index contributed by atoms with van der Waals surface area (Å²) in [7, 11) is 0. The van der Waals surface area contributed by atoms with Crippen LogP contribution in [0, 0.1) is 0 Å². The molecule has 7 heteroatoms. The lowest BCUT2D eigenvalue weighted by atomic mass is 10.1. The minimum absolute atomic E-state index is 0.165. The van der Waals surface area contributed by atoms with Crippen molar-refractivity contribution >= 4 is 17.8 Å². The fraction of sp³-hybridized carbons (Fsp3) is 0.400. The molecule has 0 aliphatic carbocycles. The summed E-state index contributed by atoms with van der Waals surface area (Å²) >= 11 is 0. The smallest absolute Gasteiger partial charge is 0.303 e. The summed E-state index contributed by atoms with van der Waals surface area (Å²) in [6.45, 7) is 0. The van der Waals surface area contributed by atoms with Crippen molar-refractivity contribution < 1.29 is 24.7 Å². The fourth-order valence-electron chi connectivity index (χ4n) is 1.77. The number of carbonyl (C=O) groups excluding carboxylic acids is 2. The molecule has 0 aromatic heterocycles. The van der Waals surface area contributed by atoms with E-state index in [2.05, 4.69) is 11.2 Å². The third-order valence-corrected chi connectivity index (χ3v) is 2.83. The number of rotatable bonds is 8. The molecule has 0 radical (unpaired) electrons. The number of imide groups is 1. The Morgan fingerprint density at radius 2 is 1.45 bits per heavy atom. The molecule has 0 bridgehead atoms. The van der Waals surface area contributed by atoms with Crippen LogP contribution in [0.15, 0.2) is 30.3 Å². The monoisotopic (exact) mass is 310 g/mol. The lowest BCUT2D eigenvalue weighted by Crippen LogP contribution is -2.30. The molecule has 7 nitrogen and oxygen atoms in total. The number of hydrogen-bond donors (Lipinski definition) is 4. The predicted molar refractivity (Wildman–Crippen MR) is 80.2 cm³/mol. The first kappa shape index (κ1) is 19.8. The van der Waals surface area contributed by atoms with E-state index in [0.29, 0.717) is 18.4 Å². The van der Waals surface area contributed by atoms with Crippen molar-refractivity contribution in [3.63, 3.8) is 0 Å². The van der Waals surface area contributed by atoms with Crippen LogP contribution in [-0.4, -0.2) is 28.1 Å². The summed E-state index contributed by atoms with van der Waals surface area (Å²) in [4.78, 5) is 33.5. The number of hydrogen-bond acceptors (Lipinski definition) is 5. The van der Waals surface area contributed by atoms with Gasteiger partial charge in [0.15, 0.2) is 0 Å². The normalized spacial score (nSPS) is 9.36. The molecule has 0 aliphatic heterocycles. The van der Waals surface area contributed by atoms with Gasteiger partial charge in [0.2, 0.25) is 5.91 Å². The Kier molecular flexibility index (Phi) is 11.2. The van der Waals surface area contributed by atoms with Crippen LogP contribution < -0.4 is 11.2 Å². The maximum Gasteiger partial charge on any atom is 0.303 e.